The number of nitrogens with two attached hydrogens (primary N) is 1. The van der Waals surface area contributed by atoms with Gasteiger partial charge in [0.05, 0.1) is 4.92 Å². The molecule has 15 heavy (non-hydrogen) atoms. The summed E-state index contributed by atoms with van der Waals surface area (Å²) < 4.78 is 0. The third kappa shape index (κ3) is 3.49. The minimum Gasteiger partial charge on any atom is -0.328 e. The number of hydrogen-bond donors (Lipinski definition) is 1. The lowest BCUT2D eigenvalue weighted by atomic mass is 10.1. The molecule has 0 spiro atoms. The molecule has 0 aliphatic heterocycles. The Kier molecular flexibility index (Phi) is 4.05. The van der Waals surface area contributed by atoms with Crippen LogP contribution < -0.4 is 5.73 Å². The molecule has 1 rings (SSSR count). The topological polar surface area (TPSA) is 69.2 Å². The van der Waals surface area contributed by atoms with Crippen LogP contribution in [0.1, 0.15) is 18.9 Å². The van der Waals surface area contributed by atoms with Gasteiger partial charge in [-0.3, -0.25) is 10.1 Å². The van der Waals surface area contributed by atoms with Crippen LogP contribution in [0.5, 0.6) is 0 Å². The van der Waals surface area contributed by atoms with E-state index < -0.39 is 4.92 Å². The van der Waals surface area contributed by atoms with Crippen molar-refractivity contribution >= 4 is 17.3 Å². The third-order valence-electron chi connectivity index (χ3n) is 2.10. The summed E-state index contributed by atoms with van der Waals surface area (Å²) in [6.45, 7) is 1.92. The van der Waals surface area contributed by atoms with Gasteiger partial charge >= 0.3 is 0 Å². The van der Waals surface area contributed by atoms with Crippen LogP contribution in [0, 0.1) is 10.1 Å². The van der Waals surface area contributed by atoms with Crippen LogP contribution in [0.4, 0.5) is 5.69 Å². The lowest BCUT2D eigenvalue weighted by molar-refractivity contribution is -0.384. The summed E-state index contributed by atoms with van der Waals surface area (Å²) in [5, 5.41) is 10.7. The first kappa shape index (κ1) is 11.9. The van der Waals surface area contributed by atoms with Crippen molar-refractivity contribution in [2.45, 2.75) is 25.8 Å². The predicted molar refractivity (Wildman–Crippen MR) is 60.1 cm³/mol. The lowest BCUT2D eigenvalue weighted by Gasteiger charge is -2.05. The van der Waals surface area contributed by atoms with Gasteiger partial charge in [-0.1, -0.05) is 17.7 Å². The third-order valence-corrected chi connectivity index (χ3v) is 2.40. The predicted octanol–water partition coefficient (Wildman–Crippen LogP) is 2.53. The Hall–Kier alpha value is -1.13. The molecule has 0 aliphatic rings. The SMILES string of the molecule is CC(N)CCc1ccc([N+](=O)[O-])c(Cl)c1. The number of hydrogen-bond acceptors (Lipinski definition) is 3. The number of halogens is 1. The Morgan fingerprint density at radius 1 is 1.60 bits per heavy atom. The highest BCUT2D eigenvalue weighted by Gasteiger charge is 2.11. The minimum atomic E-state index is -0.488. The highest BCUT2D eigenvalue weighted by molar-refractivity contribution is 6.32. The van der Waals surface area contributed by atoms with Crippen LogP contribution in [0.3, 0.4) is 0 Å². The molecule has 4 nitrogen and oxygen atoms in total. The van der Waals surface area contributed by atoms with Gasteiger partial charge in [0.1, 0.15) is 5.02 Å². The van der Waals surface area contributed by atoms with Gasteiger partial charge in [0.2, 0.25) is 0 Å². The maximum atomic E-state index is 10.5. The minimum absolute atomic E-state index is 0.0544. The molecule has 1 unspecified atom stereocenters. The molecule has 5 heteroatoms. The van der Waals surface area contributed by atoms with Gasteiger partial charge < -0.3 is 5.73 Å². The second-order valence-corrected chi connectivity index (χ2v) is 3.97. The van der Waals surface area contributed by atoms with E-state index in [0.29, 0.717) is 0 Å². The summed E-state index contributed by atoms with van der Waals surface area (Å²) in [6, 6.07) is 4.90. The van der Waals surface area contributed by atoms with Crippen LogP contribution >= 0.6 is 11.6 Å². The van der Waals surface area contributed by atoms with Crippen molar-refractivity contribution in [2.75, 3.05) is 0 Å². The van der Waals surface area contributed by atoms with Crippen molar-refractivity contribution in [1.82, 2.24) is 0 Å². The first-order valence-corrected chi connectivity index (χ1v) is 5.07. The van der Waals surface area contributed by atoms with Gasteiger partial charge in [0.15, 0.2) is 0 Å². The van der Waals surface area contributed by atoms with Crippen molar-refractivity contribution in [3.05, 3.63) is 38.9 Å². The van der Waals surface area contributed by atoms with E-state index in [2.05, 4.69) is 0 Å². The number of rotatable bonds is 4. The van der Waals surface area contributed by atoms with E-state index in [9.17, 15) is 10.1 Å². The maximum Gasteiger partial charge on any atom is 0.287 e. The largest absolute Gasteiger partial charge is 0.328 e. The summed E-state index contributed by atoms with van der Waals surface area (Å²) in [5.74, 6) is 0. The van der Waals surface area contributed by atoms with Gasteiger partial charge in [-0.05, 0) is 31.4 Å². The molecule has 1 aromatic carbocycles. The molecule has 1 atom stereocenters. The van der Waals surface area contributed by atoms with E-state index in [0.717, 1.165) is 18.4 Å². The fourth-order valence-electron chi connectivity index (χ4n) is 1.25. The number of benzene rings is 1. The quantitative estimate of drug-likeness (QED) is 0.636. The van der Waals surface area contributed by atoms with Crippen LogP contribution in [0.15, 0.2) is 18.2 Å². The fourth-order valence-corrected chi connectivity index (χ4v) is 1.52. The van der Waals surface area contributed by atoms with Gasteiger partial charge in [-0.2, -0.15) is 0 Å². The molecule has 0 aliphatic carbocycles. The average Bonchev–Trinajstić information content (AvgIpc) is 2.14. The zero-order valence-electron chi connectivity index (χ0n) is 8.44. The smallest absolute Gasteiger partial charge is 0.287 e. The number of nitro groups is 1. The van der Waals surface area contributed by atoms with Gasteiger partial charge in [-0.25, -0.2) is 0 Å². The first-order chi connectivity index (χ1) is 7.00. The molecular formula is C10H13ClN2O2. The molecule has 0 fully saturated rings. The Bertz CT molecular complexity index is 366. The van der Waals surface area contributed by atoms with E-state index in [1.165, 1.54) is 6.07 Å². The highest BCUT2D eigenvalue weighted by Crippen LogP contribution is 2.25. The number of nitrogens with zero attached hydrogens (tertiary/aromatic N) is 1. The number of nitro benzene ring substituents is 1. The van der Waals surface area contributed by atoms with E-state index in [4.69, 9.17) is 17.3 Å². The summed E-state index contributed by atoms with van der Waals surface area (Å²) >= 11 is 5.77. The van der Waals surface area contributed by atoms with Crippen LogP contribution in [-0.4, -0.2) is 11.0 Å². The van der Waals surface area contributed by atoms with Crippen molar-refractivity contribution in [3.8, 4) is 0 Å². The zero-order valence-corrected chi connectivity index (χ0v) is 9.20. The van der Waals surface area contributed by atoms with Crippen molar-refractivity contribution < 1.29 is 4.92 Å². The molecular weight excluding hydrogens is 216 g/mol. The Morgan fingerprint density at radius 3 is 2.73 bits per heavy atom. The number of aryl methyl sites for hydroxylation is 1. The van der Waals surface area contributed by atoms with Crippen molar-refractivity contribution in [2.24, 2.45) is 5.73 Å². The molecule has 1 aromatic rings. The molecule has 0 radical (unpaired) electrons. The van der Waals surface area contributed by atoms with Crippen LogP contribution in [0.25, 0.3) is 0 Å². The second kappa shape index (κ2) is 5.09. The standard InChI is InChI=1S/C10H13ClN2O2/c1-7(12)2-3-8-4-5-10(13(14)15)9(11)6-8/h4-7H,2-3,12H2,1H3. The zero-order chi connectivity index (χ0) is 11.4. The van der Waals surface area contributed by atoms with E-state index in [1.807, 2.05) is 6.92 Å². The molecule has 2 N–H and O–H groups in total. The molecule has 0 amide bonds. The highest BCUT2D eigenvalue weighted by atomic mass is 35.5. The Morgan fingerprint density at radius 2 is 2.27 bits per heavy atom. The molecule has 0 aromatic heterocycles. The maximum absolute atomic E-state index is 10.5. The van der Waals surface area contributed by atoms with Gasteiger partial charge in [0.25, 0.3) is 5.69 Å². The molecule has 0 saturated carbocycles. The molecule has 0 bridgehead atoms. The Balaban J connectivity index is 2.78. The summed E-state index contributed by atoms with van der Waals surface area (Å²) in [7, 11) is 0. The second-order valence-electron chi connectivity index (χ2n) is 3.56. The van der Waals surface area contributed by atoms with E-state index >= 15 is 0 Å². The average molecular weight is 229 g/mol. The van der Waals surface area contributed by atoms with Crippen LogP contribution in [0.2, 0.25) is 5.02 Å². The summed E-state index contributed by atoms with van der Waals surface area (Å²) in [4.78, 5) is 10.0. The molecule has 0 saturated heterocycles. The van der Waals surface area contributed by atoms with Gasteiger partial charge in [-0.15, -0.1) is 0 Å². The van der Waals surface area contributed by atoms with Gasteiger partial charge in [0, 0.05) is 12.1 Å². The molecule has 0 heterocycles. The van der Waals surface area contributed by atoms with Crippen molar-refractivity contribution in [1.29, 1.82) is 0 Å². The Labute approximate surface area is 93.2 Å². The molecule has 82 valence electrons. The van der Waals surface area contributed by atoms with Crippen LogP contribution in [-0.2, 0) is 6.42 Å². The van der Waals surface area contributed by atoms with E-state index in [1.54, 1.807) is 12.1 Å². The first-order valence-electron chi connectivity index (χ1n) is 4.69. The fraction of sp³-hybridized carbons (Fsp3) is 0.400. The summed E-state index contributed by atoms with van der Waals surface area (Å²) in [5.41, 5.74) is 6.54. The normalized spacial score (nSPS) is 12.5. The lowest BCUT2D eigenvalue weighted by Crippen LogP contribution is -2.15. The van der Waals surface area contributed by atoms with Crippen molar-refractivity contribution in [3.63, 3.8) is 0 Å². The summed E-state index contributed by atoms with van der Waals surface area (Å²) in [6.07, 6.45) is 1.63. The monoisotopic (exact) mass is 228 g/mol. The van der Waals surface area contributed by atoms with E-state index in [-0.39, 0.29) is 16.8 Å².